The van der Waals surface area contributed by atoms with Crippen LogP contribution in [0.25, 0.3) is 0 Å². The summed E-state index contributed by atoms with van der Waals surface area (Å²) in [6, 6.07) is 0. The molecule has 59 heavy (non-hydrogen) atoms. The summed E-state index contributed by atoms with van der Waals surface area (Å²) in [5, 5.41) is 0. The Balaban J connectivity index is 4.03. The van der Waals surface area contributed by atoms with Gasteiger partial charge in [0.1, 0.15) is 6.61 Å². The Morgan fingerprint density at radius 2 is 0.932 bits per heavy atom. The van der Waals surface area contributed by atoms with E-state index in [1.807, 2.05) is 0 Å². The van der Waals surface area contributed by atoms with Crippen LogP contribution < -0.4 is 5.73 Å². The predicted octanol–water partition coefficient (Wildman–Crippen LogP) is 13.8. The van der Waals surface area contributed by atoms with Crippen LogP contribution in [0.2, 0.25) is 0 Å². The Kier molecular flexibility index (Phi) is 43.0. The molecule has 0 spiro atoms. The fourth-order valence-electron chi connectivity index (χ4n) is 6.11. The van der Waals surface area contributed by atoms with Gasteiger partial charge in [0, 0.05) is 19.4 Å². The summed E-state index contributed by atoms with van der Waals surface area (Å²) >= 11 is 0. The summed E-state index contributed by atoms with van der Waals surface area (Å²) in [6.45, 7) is 3.56. The molecule has 2 unspecified atom stereocenters. The minimum atomic E-state index is -4.38. The van der Waals surface area contributed by atoms with Crippen LogP contribution >= 0.6 is 7.82 Å². The second-order valence-corrected chi connectivity index (χ2v) is 16.7. The van der Waals surface area contributed by atoms with Crippen molar-refractivity contribution in [1.29, 1.82) is 0 Å². The first-order valence-corrected chi connectivity index (χ1v) is 24.9. The number of carbonyl (C=O) groups is 2. The molecule has 0 aliphatic heterocycles. The maximum atomic E-state index is 12.6. The summed E-state index contributed by atoms with van der Waals surface area (Å²) in [5.74, 6) is -0.847. The molecule has 9 nitrogen and oxygen atoms in total. The highest BCUT2D eigenvalue weighted by Crippen LogP contribution is 2.43. The molecule has 0 aromatic rings. The van der Waals surface area contributed by atoms with Crippen LogP contribution in [0.15, 0.2) is 72.9 Å². The SMILES string of the molecule is CC/C=C\C/C=C\C/C=C\C/C=C\C/C=C\CCCCCCCCCCCCCC(=O)OC(COC(=O)CCCCCCC/C=C\CCCC)COP(=O)(O)OCCN. The van der Waals surface area contributed by atoms with Crippen LogP contribution in [0.5, 0.6) is 0 Å². The third kappa shape index (κ3) is 44.8. The monoisotopic (exact) mass is 848 g/mol. The average molecular weight is 848 g/mol. The number of unbranched alkanes of at least 4 members (excludes halogenated alkanes) is 18. The van der Waals surface area contributed by atoms with Crippen LogP contribution in [0, 0.1) is 0 Å². The molecular formula is C49H86NO8P. The van der Waals surface area contributed by atoms with Crippen molar-refractivity contribution >= 4 is 19.8 Å². The Morgan fingerprint density at radius 1 is 0.525 bits per heavy atom. The first kappa shape index (κ1) is 56.5. The Labute approximate surface area is 361 Å². The third-order valence-corrected chi connectivity index (χ3v) is 10.6. The summed E-state index contributed by atoms with van der Waals surface area (Å²) in [4.78, 5) is 34.9. The molecule has 0 saturated heterocycles. The van der Waals surface area contributed by atoms with Crippen molar-refractivity contribution in [3.05, 3.63) is 72.9 Å². The lowest BCUT2D eigenvalue weighted by molar-refractivity contribution is -0.161. The minimum absolute atomic E-state index is 0.0491. The van der Waals surface area contributed by atoms with Gasteiger partial charge in [0.05, 0.1) is 13.2 Å². The van der Waals surface area contributed by atoms with E-state index in [-0.39, 0.29) is 32.6 Å². The topological polar surface area (TPSA) is 134 Å². The van der Waals surface area contributed by atoms with Gasteiger partial charge in [-0.05, 0) is 77.0 Å². The number of nitrogens with two attached hydrogens (primary N) is 1. The normalized spacial score (nSPS) is 13.9. The lowest BCUT2D eigenvalue weighted by Gasteiger charge is -2.19. The second kappa shape index (κ2) is 45.0. The number of rotatable bonds is 43. The van der Waals surface area contributed by atoms with E-state index in [1.54, 1.807) is 0 Å². The molecule has 0 aromatic carbocycles. The van der Waals surface area contributed by atoms with Gasteiger partial charge in [-0.2, -0.15) is 0 Å². The molecule has 340 valence electrons. The highest BCUT2D eigenvalue weighted by molar-refractivity contribution is 7.47. The fourth-order valence-corrected chi connectivity index (χ4v) is 6.88. The molecule has 3 N–H and O–H groups in total. The molecule has 0 bridgehead atoms. The quantitative estimate of drug-likeness (QED) is 0.0266. The van der Waals surface area contributed by atoms with Gasteiger partial charge in [0.2, 0.25) is 0 Å². The molecule has 0 fully saturated rings. The third-order valence-electron chi connectivity index (χ3n) is 9.58. The summed E-state index contributed by atoms with van der Waals surface area (Å²) in [5.41, 5.74) is 5.35. The number of esters is 2. The van der Waals surface area contributed by atoms with Crippen molar-refractivity contribution < 1.29 is 37.6 Å². The molecule has 0 aliphatic carbocycles. The maximum Gasteiger partial charge on any atom is 0.472 e. The highest BCUT2D eigenvalue weighted by Gasteiger charge is 2.26. The molecule has 0 amide bonds. The molecule has 2 atom stereocenters. The summed E-state index contributed by atoms with van der Waals surface area (Å²) < 4.78 is 32.8. The van der Waals surface area contributed by atoms with Crippen molar-refractivity contribution in [2.75, 3.05) is 26.4 Å². The van der Waals surface area contributed by atoms with Crippen LogP contribution in [0.3, 0.4) is 0 Å². The summed E-state index contributed by atoms with van der Waals surface area (Å²) in [6.07, 6.45) is 55.1. The zero-order chi connectivity index (χ0) is 43.2. The molecular weight excluding hydrogens is 762 g/mol. The lowest BCUT2D eigenvalue weighted by Crippen LogP contribution is -2.29. The minimum Gasteiger partial charge on any atom is -0.462 e. The Hall–Kier alpha value is -2.55. The van der Waals surface area contributed by atoms with Crippen molar-refractivity contribution in [3.63, 3.8) is 0 Å². The Morgan fingerprint density at radius 3 is 1.41 bits per heavy atom. The van der Waals surface area contributed by atoms with E-state index in [9.17, 15) is 19.0 Å². The maximum absolute atomic E-state index is 12.6. The van der Waals surface area contributed by atoms with E-state index in [0.29, 0.717) is 6.42 Å². The predicted molar refractivity (Wildman–Crippen MR) is 247 cm³/mol. The number of carbonyl (C=O) groups excluding carboxylic acids is 2. The van der Waals surface area contributed by atoms with E-state index < -0.39 is 32.5 Å². The molecule has 0 aliphatic rings. The first-order valence-electron chi connectivity index (χ1n) is 23.4. The van der Waals surface area contributed by atoms with Gasteiger partial charge in [-0.3, -0.25) is 18.6 Å². The number of phosphoric ester groups is 1. The van der Waals surface area contributed by atoms with E-state index in [1.165, 1.54) is 57.8 Å². The molecule has 0 saturated carbocycles. The number of hydrogen-bond donors (Lipinski definition) is 2. The zero-order valence-electron chi connectivity index (χ0n) is 37.5. The van der Waals surface area contributed by atoms with Crippen LogP contribution in [0.4, 0.5) is 0 Å². The van der Waals surface area contributed by atoms with Gasteiger partial charge in [0.15, 0.2) is 6.10 Å². The first-order chi connectivity index (χ1) is 28.8. The molecule has 0 radical (unpaired) electrons. The van der Waals surface area contributed by atoms with Gasteiger partial charge >= 0.3 is 19.8 Å². The van der Waals surface area contributed by atoms with Crippen LogP contribution in [0.1, 0.15) is 194 Å². The van der Waals surface area contributed by atoms with Gasteiger partial charge < -0.3 is 20.1 Å². The number of hydrogen-bond acceptors (Lipinski definition) is 8. The van der Waals surface area contributed by atoms with Crippen LogP contribution in [-0.2, 0) is 32.7 Å². The lowest BCUT2D eigenvalue weighted by atomic mass is 10.0. The molecule has 0 heterocycles. The van der Waals surface area contributed by atoms with Crippen LogP contribution in [-0.4, -0.2) is 49.3 Å². The van der Waals surface area contributed by atoms with Crippen molar-refractivity contribution in [2.24, 2.45) is 5.73 Å². The van der Waals surface area contributed by atoms with Crippen molar-refractivity contribution in [1.82, 2.24) is 0 Å². The van der Waals surface area contributed by atoms with E-state index in [2.05, 4.69) is 86.8 Å². The molecule has 0 aromatic heterocycles. The summed E-state index contributed by atoms with van der Waals surface area (Å²) in [7, 11) is -4.38. The largest absolute Gasteiger partial charge is 0.472 e. The van der Waals surface area contributed by atoms with E-state index >= 15 is 0 Å². The number of ether oxygens (including phenoxy) is 2. The molecule has 0 rings (SSSR count). The van der Waals surface area contributed by atoms with E-state index in [0.717, 1.165) is 103 Å². The number of allylic oxidation sites excluding steroid dienone is 12. The second-order valence-electron chi connectivity index (χ2n) is 15.2. The van der Waals surface area contributed by atoms with Gasteiger partial charge in [0.25, 0.3) is 0 Å². The Bertz CT molecular complexity index is 1190. The average Bonchev–Trinajstić information content (AvgIpc) is 3.22. The van der Waals surface area contributed by atoms with Gasteiger partial charge in [-0.25, -0.2) is 4.57 Å². The highest BCUT2D eigenvalue weighted by atomic mass is 31.2. The zero-order valence-corrected chi connectivity index (χ0v) is 38.4. The smallest absolute Gasteiger partial charge is 0.462 e. The fraction of sp³-hybridized carbons (Fsp3) is 0.714. The number of phosphoric acid groups is 1. The standard InChI is InChI=1S/C49H86NO8P/c1-3-5-7-9-11-13-15-16-17-18-19-20-21-22-23-24-25-26-27-28-29-30-32-34-36-38-40-42-49(52)58-47(46-57-59(53,54)56-44-43-50)45-55-48(51)41-39-37-35-33-31-14-12-10-8-6-4-2/h5,7,10-13,16-17,19-20,22-23,47H,3-4,6,8-9,14-15,18,21,24-46,50H2,1-2H3,(H,53,54)/b7-5-,12-10-,13-11-,17-16-,20-19-,23-22-. The van der Waals surface area contributed by atoms with E-state index in [4.69, 9.17) is 24.3 Å². The van der Waals surface area contributed by atoms with Gasteiger partial charge in [-0.15, -0.1) is 0 Å². The van der Waals surface area contributed by atoms with Crippen molar-refractivity contribution in [3.8, 4) is 0 Å². The molecule has 10 heteroatoms. The van der Waals surface area contributed by atoms with Gasteiger partial charge in [-0.1, -0.05) is 177 Å². The van der Waals surface area contributed by atoms with Crippen molar-refractivity contribution in [2.45, 2.75) is 200 Å².